The van der Waals surface area contributed by atoms with Gasteiger partial charge in [-0.05, 0) is 84.2 Å². The number of rotatable bonds is 2. The molecule has 0 spiro atoms. The quantitative estimate of drug-likeness (QED) is 0.608. The summed E-state index contributed by atoms with van der Waals surface area (Å²) >= 11 is 0. The monoisotopic (exact) mass is 376 g/mol. The van der Waals surface area contributed by atoms with Crippen molar-refractivity contribution in [3.8, 4) is 5.75 Å². The molecule has 2 N–H and O–H groups in total. The van der Waals surface area contributed by atoms with Crippen molar-refractivity contribution in [3.63, 3.8) is 0 Å². The highest BCUT2D eigenvalue weighted by atomic mass is 16.5. The second kappa shape index (κ2) is 6.66. The molecular weight excluding hydrogens is 344 g/mol. The SMILES string of the molecule is COc1cc(C)c(C2NCCc3c2[nH]c2cc(C)cc(C)c32)cc1C(C)(C)C. The average Bonchev–Trinajstić information content (AvgIpc) is 2.98. The van der Waals surface area contributed by atoms with Crippen LogP contribution in [0.1, 0.15) is 65.9 Å². The molecule has 1 atom stereocenters. The predicted molar refractivity (Wildman–Crippen MR) is 118 cm³/mol. The fourth-order valence-electron chi connectivity index (χ4n) is 4.80. The molecule has 0 fully saturated rings. The lowest BCUT2D eigenvalue weighted by atomic mass is 9.82. The zero-order valence-corrected chi connectivity index (χ0v) is 18.2. The zero-order chi connectivity index (χ0) is 20.2. The topological polar surface area (TPSA) is 37.0 Å². The second-order valence-electron chi connectivity index (χ2n) is 9.32. The first-order chi connectivity index (χ1) is 13.2. The Hall–Kier alpha value is -2.26. The maximum absolute atomic E-state index is 5.71. The van der Waals surface area contributed by atoms with Crippen molar-refractivity contribution in [2.45, 2.75) is 59.4 Å². The summed E-state index contributed by atoms with van der Waals surface area (Å²) in [6, 6.07) is 9.31. The Balaban J connectivity index is 1.92. The number of aromatic amines is 1. The molecule has 28 heavy (non-hydrogen) atoms. The first-order valence-electron chi connectivity index (χ1n) is 10.2. The van der Waals surface area contributed by atoms with Gasteiger partial charge in [-0.15, -0.1) is 0 Å². The van der Waals surface area contributed by atoms with E-state index in [1.807, 2.05) is 0 Å². The number of nitrogens with one attached hydrogen (secondary N) is 2. The van der Waals surface area contributed by atoms with Crippen molar-refractivity contribution >= 4 is 10.9 Å². The van der Waals surface area contributed by atoms with E-state index in [0.29, 0.717) is 0 Å². The highest BCUT2D eigenvalue weighted by Gasteiger charge is 2.29. The van der Waals surface area contributed by atoms with E-state index in [1.165, 1.54) is 50.0 Å². The van der Waals surface area contributed by atoms with E-state index >= 15 is 0 Å². The summed E-state index contributed by atoms with van der Waals surface area (Å²) in [7, 11) is 1.77. The van der Waals surface area contributed by atoms with Gasteiger partial charge < -0.3 is 15.0 Å². The van der Waals surface area contributed by atoms with E-state index in [1.54, 1.807) is 7.11 Å². The van der Waals surface area contributed by atoms with Crippen LogP contribution in [0.4, 0.5) is 0 Å². The van der Waals surface area contributed by atoms with Gasteiger partial charge in [-0.3, -0.25) is 0 Å². The number of aryl methyl sites for hydroxylation is 3. The molecule has 3 aromatic rings. The minimum absolute atomic E-state index is 0.0272. The molecule has 3 nitrogen and oxygen atoms in total. The van der Waals surface area contributed by atoms with Crippen LogP contribution >= 0.6 is 0 Å². The molecule has 1 aliphatic heterocycles. The van der Waals surface area contributed by atoms with E-state index in [-0.39, 0.29) is 11.5 Å². The molecule has 0 radical (unpaired) electrons. The third-order valence-corrected chi connectivity index (χ3v) is 6.10. The second-order valence-corrected chi connectivity index (χ2v) is 9.32. The summed E-state index contributed by atoms with van der Waals surface area (Å²) in [6.07, 6.45) is 1.07. The van der Waals surface area contributed by atoms with Crippen LogP contribution in [-0.2, 0) is 11.8 Å². The summed E-state index contributed by atoms with van der Waals surface area (Å²) in [6.45, 7) is 14.3. The van der Waals surface area contributed by atoms with Gasteiger partial charge in [-0.1, -0.05) is 26.8 Å². The summed E-state index contributed by atoms with van der Waals surface area (Å²) in [5.41, 5.74) is 10.6. The van der Waals surface area contributed by atoms with Gasteiger partial charge in [0.25, 0.3) is 0 Å². The number of fused-ring (bicyclic) bond motifs is 3. The molecule has 0 saturated carbocycles. The lowest BCUT2D eigenvalue weighted by Crippen LogP contribution is -2.31. The van der Waals surface area contributed by atoms with Crippen LogP contribution in [0.25, 0.3) is 10.9 Å². The Bertz CT molecular complexity index is 1050. The average molecular weight is 377 g/mol. The first kappa shape index (κ1) is 19.1. The molecule has 3 heteroatoms. The van der Waals surface area contributed by atoms with Gasteiger partial charge in [0.15, 0.2) is 0 Å². The van der Waals surface area contributed by atoms with Crippen LogP contribution in [0, 0.1) is 20.8 Å². The minimum Gasteiger partial charge on any atom is -0.496 e. The third kappa shape index (κ3) is 3.02. The number of hydrogen-bond donors (Lipinski definition) is 2. The van der Waals surface area contributed by atoms with Gasteiger partial charge in [-0.25, -0.2) is 0 Å². The summed E-state index contributed by atoms with van der Waals surface area (Å²) in [5.74, 6) is 0.980. The molecule has 1 aromatic heterocycles. The molecule has 1 unspecified atom stereocenters. The molecule has 4 rings (SSSR count). The molecule has 1 aliphatic rings. The van der Waals surface area contributed by atoms with E-state index in [4.69, 9.17) is 4.74 Å². The molecular formula is C25H32N2O. The van der Waals surface area contributed by atoms with Crippen LogP contribution in [0.3, 0.4) is 0 Å². The highest BCUT2D eigenvalue weighted by molar-refractivity contribution is 5.89. The summed E-state index contributed by atoms with van der Waals surface area (Å²) in [4.78, 5) is 3.77. The number of H-pyrrole nitrogens is 1. The Morgan fingerprint density at radius 1 is 1.00 bits per heavy atom. The van der Waals surface area contributed by atoms with Gasteiger partial charge in [0.05, 0.1) is 13.2 Å². The van der Waals surface area contributed by atoms with Crippen LogP contribution in [-0.4, -0.2) is 18.6 Å². The maximum atomic E-state index is 5.71. The summed E-state index contributed by atoms with van der Waals surface area (Å²) in [5, 5.41) is 5.18. The van der Waals surface area contributed by atoms with E-state index < -0.39 is 0 Å². The van der Waals surface area contributed by atoms with Crippen molar-refractivity contribution < 1.29 is 4.74 Å². The Morgan fingerprint density at radius 2 is 1.75 bits per heavy atom. The number of benzene rings is 2. The highest BCUT2D eigenvalue weighted by Crippen LogP contribution is 2.40. The first-order valence-corrected chi connectivity index (χ1v) is 10.2. The fraction of sp³-hybridized carbons (Fsp3) is 0.440. The molecule has 0 aliphatic carbocycles. The number of aromatic nitrogens is 1. The number of ether oxygens (including phenoxy) is 1. The molecule has 2 aromatic carbocycles. The maximum Gasteiger partial charge on any atom is 0.122 e. The molecule has 0 bridgehead atoms. The summed E-state index contributed by atoms with van der Waals surface area (Å²) < 4.78 is 5.71. The molecule has 148 valence electrons. The predicted octanol–water partition coefficient (Wildman–Crippen LogP) is 5.63. The van der Waals surface area contributed by atoms with Crippen molar-refractivity contribution in [2.24, 2.45) is 0 Å². The van der Waals surface area contributed by atoms with Crippen molar-refractivity contribution in [2.75, 3.05) is 13.7 Å². The van der Waals surface area contributed by atoms with Crippen LogP contribution in [0.5, 0.6) is 5.75 Å². The lowest BCUT2D eigenvalue weighted by Gasteiger charge is -2.29. The lowest BCUT2D eigenvalue weighted by molar-refractivity contribution is 0.396. The van der Waals surface area contributed by atoms with Crippen molar-refractivity contribution in [3.05, 3.63) is 63.3 Å². The van der Waals surface area contributed by atoms with E-state index in [2.05, 4.69) is 76.1 Å². The van der Waals surface area contributed by atoms with Crippen LogP contribution in [0.15, 0.2) is 24.3 Å². The van der Waals surface area contributed by atoms with Crippen LogP contribution in [0.2, 0.25) is 0 Å². The van der Waals surface area contributed by atoms with Crippen LogP contribution < -0.4 is 10.1 Å². The zero-order valence-electron chi connectivity index (χ0n) is 18.2. The number of methoxy groups -OCH3 is 1. The van der Waals surface area contributed by atoms with Gasteiger partial charge >= 0.3 is 0 Å². The Morgan fingerprint density at radius 3 is 2.43 bits per heavy atom. The van der Waals surface area contributed by atoms with E-state index in [9.17, 15) is 0 Å². The Kier molecular flexibility index (Phi) is 4.54. The van der Waals surface area contributed by atoms with Crippen molar-refractivity contribution in [1.29, 1.82) is 0 Å². The smallest absolute Gasteiger partial charge is 0.122 e. The van der Waals surface area contributed by atoms with Gasteiger partial charge in [0.1, 0.15) is 5.75 Å². The van der Waals surface area contributed by atoms with E-state index in [0.717, 1.165) is 18.7 Å². The third-order valence-electron chi connectivity index (χ3n) is 6.10. The molecule has 0 saturated heterocycles. The molecule has 2 heterocycles. The molecule has 0 amide bonds. The largest absolute Gasteiger partial charge is 0.496 e. The van der Waals surface area contributed by atoms with Crippen molar-refractivity contribution in [1.82, 2.24) is 10.3 Å². The van der Waals surface area contributed by atoms with Gasteiger partial charge in [0, 0.05) is 23.1 Å². The minimum atomic E-state index is 0.0272. The fourth-order valence-corrected chi connectivity index (χ4v) is 4.80. The van der Waals surface area contributed by atoms with Gasteiger partial charge in [0.2, 0.25) is 0 Å². The Labute approximate surface area is 168 Å². The van der Waals surface area contributed by atoms with Gasteiger partial charge in [-0.2, -0.15) is 0 Å². The normalized spacial score (nSPS) is 17.0. The standard InChI is InChI=1S/C25H32N2O/c1-14-10-16(3)22-17-8-9-26-23(24(17)27-20(22)11-14)18-13-19(25(4,5)6)21(28-7)12-15(18)2/h10-13,23,26-27H,8-9H2,1-7H3. The number of hydrogen-bond acceptors (Lipinski definition) is 2.